The molecule has 0 spiro atoms. The number of aromatic amines is 1. The minimum absolute atomic E-state index is 0.0980. The van der Waals surface area contributed by atoms with Crippen molar-refractivity contribution in [2.45, 2.75) is 33.2 Å². The molecule has 2 aromatic rings. The number of hydrogen-bond donors (Lipinski definition) is 2. The molecule has 0 radical (unpaired) electrons. The second-order valence-electron chi connectivity index (χ2n) is 6.23. The first kappa shape index (κ1) is 19.9. The van der Waals surface area contributed by atoms with E-state index in [1.165, 1.54) is 14.0 Å². The van der Waals surface area contributed by atoms with Crippen LogP contribution < -0.4 is 5.32 Å². The zero-order chi connectivity index (χ0) is 20.1. The summed E-state index contributed by atoms with van der Waals surface area (Å²) in [6.07, 6.45) is -0.0980. The summed E-state index contributed by atoms with van der Waals surface area (Å²) in [5, 5.41) is 11.7. The van der Waals surface area contributed by atoms with Gasteiger partial charge in [0.25, 0.3) is 0 Å². The highest BCUT2D eigenvalue weighted by Crippen LogP contribution is 2.21. The minimum atomic E-state index is -0.598. The first-order valence-electron chi connectivity index (χ1n) is 8.38. The van der Waals surface area contributed by atoms with Gasteiger partial charge in [-0.2, -0.15) is 5.26 Å². The number of benzene rings is 1. The van der Waals surface area contributed by atoms with E-state index in [4.69, 9.17) is 10.00 Å². The summed E-state index contributed by atoms with van der Waals surface area (Å²) in [6, 6.07) is 8.67. The average molecular weight is 367 g/mol. The Morgan fingerprint density at radius 1 is 1.26 bits per heavy atom. The topological polar surface area (TPSA) is 112 Å². The number of carbonyl (C=O) groups excluding carboxylic acids is 3. The third kappa shape index (κ3) is 4.42. The van der Waals surface area contributed by atoms with E-state index in [9.17, 15) is 14.4 Å². The highest BCUT2D eigenvalue weighted by atomic mass is 16.5. The van der Waals surface area contributed by atoms with E-state index < -0.39 is 5.97 Å². The van der Waals surface area contributed by atoms with E-state index in [1.807, 2.05) is 13.0 Å². The summed E-state index contributed by atoms with van der Waals surface area (Å²) < 4.78 is 4.78. The molecule has 7 heteroatoms. The van der Waals surface area contributed by atoms with Gasteiger partial charge in [-0.25, -0.2) is 4.79 Å². The molecule has 1 unspecified atom stereocenters. The van der Waals surface area contributed by atoms with Crippen LogP contribution in [0.2, 0.25) is 0 Å². The van der Waals surface area contributed by atoms with Crippen molar-refractivity contribution < 1.29 is 19.1 Å². The molecule has 0 saturated carbocycles. The molecule has 1 amide bonds. The summed E-state index contributed by atoms with van der Waals surface area (Å²) in [4.78, 5) is 39.1. The summed E-state index contributed by atoms with van der Waals surface area (Å²) in [5.74, 6) is -1.14. The van der Waals surface area contributed by atoms with Gasteiger partial charge in [-0.3, -0.25) is 9.59 Å². The molecule has 27 heavy (non-hydrogen) atoms. The Kier molecular flexibility index (Phi) is 6.14. The van der Waals surface area contributed by atoms with Crippen LogP contribution in [0.25, 0.3) is 0 Å². The molecular formula is C20H21N3O4. The largest absolute Gasteiger partial charge is 0.465 e. The number of esters is 1. The lowest BCUT2D eigenvalue weighted by Gasteiger charge is -2.14. The van der Waals surface area contributed by atoms with Crippen molar-refractivity contribution >= 4 is 17.7 Å². The summed E-state index contributed by atoms with van der Waals surface area (Å²) in [5.41, 5.74) is 2.70. The second-order valence-corrected chi connectivity index (χ2v) is 6.23. The van der Waals surface area contributed by atoms with E-state index in [-0.39, 0.29) is 29.7 Å². The minimum Gasteiger partial charge on any atom is -0.465 e. The molecule has 0 fully saturated rings. The number of hydrogen-bond acceptors (Lipinski definition) is 5. The number of nitriles is 1. The smallest absolute Gasteiger partial charge is 0.339 e. The van der Waals surface area contributed by atoms with E-state index >= 15 is 0 Å². The zero-order valence-electron chi connectivity index (χ0n) is 15.7. The fourth-order valence-corrected chi connectivity index (χ4v) is 2.90. The quantitative estimate of drug-likeness (QED) is 0.602. The van der Waals surface area contributed by atoms with Gasteiger partial charge in [0.15, 0.2) is 5.78 Å². The van der Waals surface area contributed by atoms with Crippen LogP contribution in [0.1, 0.15) is 63.1 Å². The Morgan fingerprint density at radius 3 is 2.41 bits per heavy atom. The van der Waals surface area contributed by atoms with Crippen molar-refractivity contribution in [2.75, 3.05) is 7.11 Å². The number of rotatable bonds is 6. The molecule has 2 rings (SSSR count). The van der Waals surface area contributed by atoms with Crippen LogP contribution in [0.3, 0.4) is 0 Å². The van der Waals surface area contributed by atoms with Crippen molar-refractivity contribution in [2.24, 2.45) is 0 Å². The van der Waals surface area contributed by atoms with Crippen molar-refractivity contribution in [3.05, 3.63) is 57.9 Å². The number of methoxy groups -OCH3 is 1. The molecule has 0 aliphatic heterocycles. The second kappa shape index (κ2) is 8.32. The van der Waals surface area contributed by atoms with Crippen LogP contribution >= 0.6 is 0 Å². The van der Waals surface area contributed by atoms with Crippen molar-refractivity contribution in [3.63, 3.8) is 0 Å². The van der Waals surface area contributed by atoms with Crippen LogP contribution in [0.15, 0.2) is 24.3 Å². The zero-order valence-corrected chi connectivity index (χ0v) is 15.7. The van der Waals surface area contributed by atoms with Crippen LogP contribution in [-0.4, -0.2) is 29.8 Å². The Balaban J connectivity index is 2.19. The number of nitrogens with zero attached hydrogens (tertiary/aromatic N) is 1. The Bertz CT molecular complexity index is 920. The van der Waals surface area contributed by atoms with Gasteiger partial charge in [-0.1, -0.05) is 12.1 Å². The molecule has 1 aromatic carbocycles. The lowest BCUT2D eigenvalue weighted by atomic mass is 10.1. The lowest BCUT2D eigenvalue weighted by molar-refractivity contribution is -0.121. The molecule has 0 aliphatic carbocycles. The van der Waals surface area contributed by atoms with Gasteiger partial charge in [0.05, 0.1) is 42.5 Å². The SMILES string of the molecule is COC(=O)c1c(CC(=O)NC(C)c2ccc(C#N)cc2)[nH]c(C(C)=O)c1C. The molecule has 1 aromatic heterocycles. The molecule has 140 valence electrons. The van der Waals surface area contributed by atoms with Gasteiger partial charge in [-0.05, 0) is 37.1 Å². The van der Waals surface area contributed by atoms with Gasteiger partial charge in [0, 0.05) is 12.6 Å². The van der Waals surface area contributed by atoms with Crippen LogP contribution in [0, 0.1) is 18.3 Å². The number of aromatic nitrogens is 1. The lowest BCUT2D eigenvalue weighted by Crippen LogP contribution is -2.28. The van der Waals surface area contributed by atoms with E-state index in [0.717, 1.165) is 5.56 Å². The molecule has 2 N–H and O–H groups in total. The Labute approximate surface area is 157 Å². The predicted octanol–water partition coefficient (Wildman–Crippen LogP) is 2.60. The molecule has 1 heterocycles. The van der Waals surface area contributed by atoms with E-state index in [0.29, 0.717) is 22.5 Å². The van der Waals surface area contributed by atoms with Crippen LogP contribution in [0.5, 0.6) is 0 Å². The van der Waals surface area contributed by atoms with Crippen LogP contribution in [0.4, 0.5) is 0 Å². The van der Waals surface area contributed by atoms with Crippen molar-refractivity contribution in [1.29, 1.82) is 5.26 Å². The number of H-pyrrole nitrogens is 1. The van der Waals surface area contributed by atoms with Gasteiger partial charge in [0.2, 0.25) is 5.91 Å². The molecule has 7 nitrogen and oxygen atoms in total. The van der Waals surface area contributed by atoms with Gasteiger partial charge in [-0.15, -0.1) is 0 Å². The maximum atomic E-state index is 12.5. The number of ketones is 1. The molecule has 0 saturated heterocycles. The number of Topliss-reactive ketones (excluding diaryl/α,β-unsaturated/α-hetero) is 1. The highest BCUT2D eigenvalue weighted by molar-refractivity contribution is 6.01. The van der Waals surface area contributed by atoms with Crippen LogP contribution in [-0.2, 0) is 16.0 Å². The number of carbonyl (C=O) groups is 3. The Morgan fingerprint density at radius 2 is 1.89 bits per heavy atom. The average Bonchev–Trinajstić information content (AvgIpc) is 2.97. The third-order valence-corrected chi connectivity index (χ3v) is 4.32. The van der Waals surface area contributed by atoms with Crippen molar-refractivity contribution in [1.82, 2.24) is 10.3 Å². The van der Waals surface area contributed by atoms with Crippen molar-refractivity contribution in [3.8, 4) is 6.07 Å². The summed E-state index contributed by atoms with van der Waals surface area (Å²) in [6.45, 7) is 4.85. The monoisotopic (exact) mass is 367 g/mol. The normalized spacial score (nSPS) is 11.4. The number of ether oxygens (including phenoxy) is 1. The first-order valence-corrected chi connectivity index (χ1v) is 8.38. The number of amides is 1. The van der Waals surface area contributed by atoms with Gasteiger partial charge in [0.1, 0.15) is 0 Å². The maximum Gasteiger partial charge on any atom is 0.339 e. The maximum absolute atomic E-state index is 12.5. The van der Waals surface area contributed by atoms with E-state index in [2.05, 4.69) is 10.3 Å². The molecule has 1 atom stereocenters. The highest BCUT2D eigenvalue weighted by Gasteiger charge is 2.24. The standard InChI is InChI=1S/C20H21N3O4/c1-11-18(20(26)27-4)16(23-19(11)13(3)24)9-17(25)22-12(2)15-7-5-14(10-21)6-8-15/h5-8,12,23H,9H2,1-4H3,(H,22,25). The third-order valence-electron chi connectivity index (χ3n) is 4.32. The van der Waals surface area contributed by atoms with Gasteiger partial charge < -0.3 is 15.0 Å². The van der Waals surface area contributed by atoms with E-state index in [1.54, 1.807) is 31.2 Å². The summed E-state index contributed by atoms with van der Waals surface area (Å²) in [7, 11) is 1.25. The fourth-order valence-electron chi connectivity index (χ4n) is 2.90. The molecule has 0 aliphatic rings. The first-order chi connectivity index (χ1) is 12.8. The molecular weight excluding hydrogens is 346 g/mol. The fraction of sp³-hybridized carbons (Fsp3) is 0.300. The number of nitrogens with one attached hydrogen (secondary N) is 2. The molecule has 0 bridgehead atoms. The van der Waals surface area contributed by atoms with Gasteiger partial charge >= 0.3 is 5.97 Å². The predicted molar refractivity (Wildman–Crippen MR) is 98.3 cm³/mol. The Hall–Kier alpha value is -3.40. The summed E-state index contributed by atoms with van der Waals surface area (Å²) >= 11 is 0.